The Hall–Kier alpha value is -1.22. The maximum Gasteiger partial charge on any atom is 0.159 e. The summed E-state index contributed by atoms with van der Waals surface area (Å²) in [5.41, 5.74) is 8.17. The van der Waals surface area contributed by atoms with Gasteiger partial charge in [-0.2, -0.15) is 0 Å². The molecule has 98 valence electrons. The summed E-state index contributed by atoms with van der Waals surface area (Å²) in [7, 11) is 0. The fraction of sp³-hybridized carbons (Fsp3) is 0.467. The molecule has 0 saturated carbocycles. The monoisotopic (exact) mass is 251 g/mol. The Kier molecular flexibility index (Phi) is 4.48. The Morgan fingerprint density at radius 1 is 1.11 bits per heavy atom. The average molecular weight is 251 g/mol. The summed E-state index contributed by atoms with van der Waals surface area (Å²) in [5.74, 6) is -1.60. The molecule has 1 atom stereocenters. The van der Waals surface area contributed by atoms with E-state index in [9.17, 15) is 8.78 Å². The number of benzene rings is 1. The highest BCUT2D eigenvalue weighted by Crippen LogP contribution is 2.21. The maximum atomic E-state index is 13.1. The van der Waals surface area contributed by atoms with Gasteiger partial charge in [0.15, 0.2) is 11.6 Å². The van der Waals surface area contributed by atoms with E-state index >= 15 is 0 Å². The van der Waals surface area contributed by atoms with Gasteiger partial charge in [-0.1, -0.05) is 24.1 Å². The van der Waals surface area contributed by atoms with Crippen LogP contribution in [0.15, 0.2) is 29.8 Å². The Bertz CT molecular complexity index is 440. The predicted octanol–water partition coefficient (Wildman–Crippen LogP) is 3.73. The van der Waals surface area contributed by atoms with Crippen LogP contribution < -0.4 is 5.73 Å². The van der Waals surface area contributed by atoms with Gasteiger partial charge in [-0.25, -0.2) is 8.78 Å². The topological polar surface area (TPSA) is 26.0 Å². The van der Waals surface area contributed by atoms with Crippen molar-refractivity contribution in [2.24, 2.45) is 5.73 Å². The molecule has 3 heteroatoms. The zero-order valence-electron chi connectivity index (χ0n) is 10.5. The van der Waals surface area contributed by atoms with E-state index in [0.29, 0.717) is 6.42 Å². The van der Waals surface area contributed by atoms with E-state index in [1.54, 1.807) is 6.07 Å². The van der Waals surface area contributed by atoms with E-state index in [4.69, 9.17) is 5.73 Å². The van der Waals surface area contributed by atoms with Crippen molar-refractivity contribution in [3.8, 4) is 0 Å². The summed E-state index contributed by atoms with van der Waals surface area (Å²) < 4.78 is 25.9. The quantitative estimate of drug-likeness (QED) is 0.814. The van der Waals surface area contributed by atoms with Gasteiger partial charge in [0, 0.05) is 6.04 Å². The van der Waals surface area contributed by atoms with Crippen molar-refractivity contribution >= 4 is 0 Å². The molecule has 2 N–H and O–H groups in total. The van der Waals surface area contributed by atoms with Crippen molar-refractivity contribution in [3.05, 3.63) is 47.0 Å². The largest absolute Gasteiger partial charge is 0.324 e. The first kappa shape index (κ1) is 13.2. The highest BCUT2D eigenvalue weighted by Gasteiger charge is 2.13. The molecule has 0 radical (unpaired) electrons. The molecule has 0 amide bonds. The molecule has 0 bridgehead atoms. The van der Waals surface area contributed by atoms with Crippen molar-refractivity contribution in [2.45, 2.75) is 44.6 Å². The van der Waals surface area contributed by atoms with E-state index in [1.807, 2.05) is 0 Å². The normalized spacial score (nSPS) is 18.1. The summed E-state index contributed by atoms with van der Waals surface area (Å²) in [6.07, 6.45) is 8.56. The smallest absolute Gasteiger partial charge is 0.159 e. The number of allylic oxidation sites excluding steroid dienone is 1. The van der Waals surface area contributed by atoms with Crippen molar-refractivity contribution in [3.63, 3.8) is 0 Å². The van der Waals surface area contributed by atoms with Gasteiger partial charge >= 0.3 is 0 Å². The zero-order valence-corrected chi connectivity index (χ0v) is 10.5. The van der Waals surface area contributed by atoms with Gasteiger partial charge in [-0.3, -0.25) is 0 Å². The first-order valence-corrected chi connectivity index (χ1v) is 6.55. The molecule has 0 aliphatic heterocycles. The molecule has 1 aromatic carbocycles. The van der Waals surface area contributed by atoms with Crippen LogP contribution in [0.1, 0.15) is 37.7 Å². The van der Waals surface area contributed by atoms with Crippen molar-refractivity contribution in [2.75, 3.05) is 0 Å². The summed E-state index contributed by atoms with van der Waals surface area (Å²) in [5, 5.41) is 0. The minimum Gasteiger partial charge on any atom is -0.324 e. The lowest BCUT2D eigenvalue weighted by molar-refractivity contribution is 0.506. The van der Waals surface area contributed by atoms with Crippen LogP contribution >= 0.6 is 0 Å². The van der Waals surface area contributed by atoms with Crippen LogP contribution in [0, 0.1) is 11.6 Å². The Morgan fingerprint density at radius 2 is 1.94 bits per heavy atom. The molecular formula is C15H19F2N. The van der Waals surface area contributed by atoms with Crippen molar-refractivity contribution in [1.29, 1.82) is 0 Å². The number of nitrogens with two attached hydrogens (primary N) is 1. The van der Waals surface area contributed by atoms with Crippen molar-refractivity contribution < 1.29 is 8.78 Å². The molecule has 1 aromatic rings. The Balaban J connectivity index is 2.03. The summed E-state index contributed by atoms with van der Waals surface area (Å²) >= 11 is 0. The van der Waals surface area contributed by atoms with Crippen LogP contribution in [0.2, 0.25) is 0 Å². The Labute approximate surface area is 107 Å². The van der Waals surface area contributed by atoms with E-state index in [-0.39, 0.29) is 6.04 Å². The molecular weight excluding hydrogens is 232 g/mol. The zero-order chi connectivity index (χ0) is 13.0. The van der Waals surface area contributed by atoms with E-state index < -0.39 is 11.6 Å². The second-order valence-corrected chi connectivity index (χ2v) is 4.94. The SMILES string of the molecule is NC(Cc1ccc(F)c(F)c1)C1=CCCCCC1. The van der Waals surface area contributed by atoms with Gasteiger partial charge in [-0.15, -0.1) is 0 Å². The highest BCUT2D eigenvalue weighted by atomic mass is 19.2. The lowest BCUT2D eigenvalue weighted by atomic mass is 9.96. The van der Waals surface area contributed by atoms with Gasteiger partial charge < -0.3 is 5.73 Å². The minimum absolute atomic E-state index is 0.0760. The highest BCUT2D eigenvalue weighted by molar-refractivity contribution is 5.22. The number of hydrogen-bond acceptors (Lipinski definition) is 1. The minimum atomic E-state index is -0.805. The van der Waals surface area contributed by atoms with E-state index in [2.05, 4.69) is 6.08 Å². The Morgan fingerprint density at radius 3 is 2.72 bits per heavy atom. The third kappa shape index (κ3) is 3.39. The molecule has 0 fully saturated rings. The second-order valence-electron chi connectivity index (χ2n) is 4.94. The first-order chi connectivity index (χ1) is 8.66. The average Bonchev–Trinajstić information content (AvgIpc) is 2.62. The summed E-state index contributed by atoms with van der Waals surface area (Å²) in [6.45, 7) is 0. The summed E-state index contributed by atoms with van der Waals surface area (Å²) in [4.78, 5) is 0. The molecule has 1 nitrogen and oxygen atoms in total. The van der Waals surface area contributed by atoms with Crippen LogP contribution in [0.3, 0.4) is 0 Å². The van der Waals surface area contributed by atoms with Gasteiger partial charge in [0.2, 0.25) is 0 Å². The lowest BCUT2D eigenvalue weighted by Crippen LogP contribution is -2.25. The van der Waals surface area contributed by atoms with Crippen LogP contribution in [0.5, 0.6) is 0 Å². The molecule has 1 unspecified atom stereocenters. The van der Waals surface area contributed by atoms with Gasteiger partial charge in [0.05, 0.1) is 0 Å². The van der Waals surface area contributed by atoms with Crippen LogP contribution in [-0.4, -0.2) is 6.04 Å². The fourth-order valence-corrected chi connectivity index (χ4v) is 2.43. The lowest BCUT2D eigenvalue weighted by Gasteiger charge is -2.15. The molecule has 0 heterocycles. The van der Waals surface area contributed by atoms with Crippen LogP contribution in [0.25, 0.3) is 0 Å². The third-order valence-corrected chi connectivity index (χ3v) is 3.49. The second kappa shape index (κ2) is 6.10. The van der Waals surface area contributed by atoms with Crippen molar-refractivity contribution in [1.82, 2.24) is 0 Å². The van der Waals surface area contributed by atoms with Gasteiger partial charge in [0.1, 0.15) is 0 Å². The maximum absolute atomic E-state index is 13.1. The molecule has 18 heavy (non-hydrogen) atoms. The molecule has 1 aliphatic rings. The molecule has 2 rings (SSSR count). The fourth-order valence-electron chi connectivity index (χ4n) is 2.43. The standard InChI is InChI=1S/C15H19F2N/c16-13-8-7-11(9-14(13)17)10-15(18)12-5-3-1-2-4-6-12/h5,7-9,15H,1-4,6,10,18H2. The molecule has 0 spiro atoms. The number of hydrogen-bond donors (Lipinski definition) is 1. The number of rotatable bonds is 3. The van der Waals surface area contributed by atoms with Crippen LogP contribution in [-0.2, 0) is 6.42 Å². The van der Waals surface area contributed by atoms with Gasteiger partial charge in [0.25, 0.3) is 0 Å². The third-order valence-electron chi connectivity index (χ3n) is 3.49. The predicted molar refractivity (Wildman–Crippen MR) is 69.2 cm³/mol. The number of halogens is 2. The van der Waals surface area contributed by atoms with E-state index in [1.165, 1.54) is 37.0 Å². The first-order valence-electron chi connectivity index (χ1n) is 6.55. The van der Waals surface area contributed by atoms with Crippen LogP contribution in [0.4, 0.5) is 8.78 Å². The van der Waals surface area contributed by atoms with E-state index in [0.717, 1.165) is 18.4 Å². The molecule has 0 aromatic heterocycles. The van der Waals surface area contributed by atoms with Gasteiger partial charge in [-0.05, 0) is 49.8 Å². The molecule has 0 saturated heterocycles. The summed E-state index contributed by atoms with van der Waals surface area (Å²) in [6, 6.07) is 3.94. The molecule has 1 aliphatic carbocycles.